The summed E-state index contributed by atoms with van der Waals surface area (Å²) >= 11 is 5.51. The van der Waals surface area contributed by atoms with Gasteiger partial charge < -0.3 is 10.4 Å². The predicted molar refractivity (Wildman–Crippen MR) is 55.2 cm³/mol. The summed E-state index contributed by atoms with van der Waals surface area (Å²) in [4.78, 5) is 0. The maximum atomic E-state index is 13.2. The summed E-state index contributed by atoms with van der Waals surface area (Å²) in [6.45, 7) is -0.804. The molecule has 0 bridgehead atoms. The van der Waals surface area contributed by atoms with Gasteiger partial charge in [-0.3, -0.25) is 0 Å². The summed E-state index contributed by atoms with van der Waals surface area (Å²) < 4.78 is 49.0. The van der Waals surface area contributed by atoms with E-state index in [4.69, 9.17) is 16.7 Å². The van der Waals surface area contributed by atoms with Crippen LogP contribution in [0.25, 0.3) is 0 Å². The largest absolute Gasteiger partial charge is 0.415 e. The first-order valence-electron chi connectivity index (χ1n) is 4.70. The minimum atomic E-state index is -4.68. The van der Waals surface area contributed by atoms with Gasteiger partial charge >= 0.3 is 6.18 Å². The lowest BCUT2D eigenvalue weighted by Gasteiger charge is -2.15. The molecule has 0 aliphatic rings. The van der Waals surface area contributed by atoms with Crippen molar-refractivity contribution in [2.24, 2.45) is 0 Å². The summed E-state index contributed by atoms with van der Waals surface area (Å²) in [6, 6.07) is 3.87. The van der Waals surface area contributed by atoms with Crippen molar-refractivity contribution in [3.63, 3.8) is 0 Å². The van der Waals surface area contributed by atoms with Gasteiger partial charge in [0, 0.05) is 23.7 Å². The first-order valence-corrected chi connectivity index (χ1v) is 5.08. The fraction of sp³-hybridized carbons (Fsp3) is 0.400. The number of alkyl halides is 3. The van der Waals surface area contributed by atoms with Crippen LogP contribution < -0.4 is 5.32 Å². The second-order valence-corrected chi connectivity index (χ2v) is 3.86. The van der Waals surface area contributed by atoms with Crippen LogP contribution in [0.15, 0.2) is 18.2 Å². The number of halogens is 5. The van der Waals surface area contributed by atoms with E-state index in [0.717, 1.165) is 6.07 Å². The molecule has 0 saturated carbocycles. The lowest BCUT2D eigenvalue weighted by Crippen LogP contribution is -2.38. The Hall–Kier alpha value is -0.850. The molecule has 2 N–H and O–H groups in total. The molecular weight excluding hydrogens is 262 g/mol. The minimum absolute atomic E-state index is 0.115. The molecular formula is C10H10ClF4NO. The highest BCUT2D eigenvalue weighted by molar-refractivity contribution is 6.30. The zero-order valence-corrected chi connectivity index (χ0v) is 9.32. The van der Waals surface area contributed by atoms with Crippen LogP contribution in [0.2, 0.25) is 5.02 Å². The third-order valence-corrected chi connectivity index (χ3v) is 2.28. The van der Waals surface area contributed by atoms with Crippen LogP contribution in [-0.4, -0.2) is 23.9 Å². The van der Waals surface area contributed by atoms with Crippen LogP contribution >= 0.6 is 11.6 Å². The molecule has 0 heterocycles. The second-order valence-electron chi connectivity index (χ2n) is 3.42. The number of aliphatic hydroxyl groups is 1. The van der Waals surface area contributed by atoms with E-state index in [1.807, 2.05) is 0 Å². The number of rotatable bonds is 4. The molecule has 0 radical (unpaired) electrons. The standard InChI is InChI=1S/C10H10ClF4NO/c11-7-2-1-6(8(12)3-7)4-16-5-9(17)10(13,14)15/h1-3,9,16-17H,4-5H2. The van der Waals surface area contributed by atoms with Gasteiger partial charge in [0.2, 0.25) is 0 Å². The van der Waals surface area contributed by atoms with E-state index in [1.54, 1.807) is 0 Å². The molecule has 1 rings (SSSR count). The lowest BCUT2D eigenvalue weighted by atomic mass is 10.2. The van der Waals surface area contributed by atoms with E-state index in [0.29, 0.717) is 0 Å². The maximum absolute atomic E-state index is 13.2. The molecule has 0 aromatic heterocycles. The van der Waals surface area contributed by atoms with Gasteiger partial charge in [0.05, 0.1) is 0 Å². The Bertz CT molecular complexity index is 383. The van der Waals surface area contributed by atoms with Gasteiger partial charge in [0.1, 0.15) is 5.82 Å². The van der Waals surface area contributed by atoms with Crippen molar-refractivity contribution < 1.29 is 22.7 Å². The van der Waals surface area contributed by atoms with Gasteiger partial charge in [0.15, 0.2) is 6.10 Å². The SMILES string of the molecule is OC(CNCc1ccc(Cl)cc1F)C(F)(F)F. The molecule has 1 aromatic rings. The van der Waals surface area contributed by atoms with E-state index < -0.39 is 24.6 Å². The molecule has 1 unspecified atom stereocenters. The molecule has 0 aliphatic carbocycles. The van der Waals surface area contributed by atoms with Gasteiger partial charge in [-0.2, -0.15) is 13.2 Å². The predicted octanol–water partition coefficient (Wildman–Crippen LogP) is 2.49. The summed E-state index contributed by atoms with van der Waals surface area (Å²) in [5.74, 6) is -0.605. The van der Waals surface area contributed by atoms with Gasteiger partial charge in [0.25, 0.3) is 0 Å². The third-order valence-electron chi connectivity index (χ3n) is 2.05. The van der Waals surface area contributed by atoms with Crippen LogP contribution in [-0.2, 0) is 6.54 Å². The summed E-state index contributed by atoms with van der Waals surface area (Å²) in [6.07, 6.45) is -7.14. The smallest absolute Gasteiger partial charge is 0.382 e. The summed E-state index contributed by atoms with van der Waals surface area (Å²) in [7, 11) is 0. The van der Waals surface area contributed by atoms with Crippen molar-refractivity contribution in [1.82, 2.24) is 5.32 Å². The van der Waals surface area contributed by atoms with E-state index in [9.17, 15) is 17.6 Å². The maximum Gasteiger partial charge on any atom is 0.415 e. The fourth-order valence-corrected chi connectivity index (χ4v) is 1.28. The van der Waals surface area contributed by atoms with Gasteiger partial charge in [-0.1, -0.05) is 17.7 Å². The summed E-state index contributed by atoms with van der Waals surface area (Å²) in [5, 5.41) is 11.2. The topological polar surface area (TPSA) is 32.3 Å². The highest BCUT2D eigenvalue weighted by Crippen LogP contribution is 2.19. The number of benzene rings is 1. The molecule has 17 heavy (non-hydrogen) atoms. The molecule has 0 amide bonds. The van der Waals surface area contributed by atoms with Crippen molar-refractivity contribution >= 4 is 11.6 Å². The Labute approximate surface area is 100 Å². The molecule has 96 valence electrons. The lowest BCUT2D eigenvalue weighted by molar-refractivity contribution is -0.201. The Balaban J connectivity index is 2.46. The normalized spacial score (nSPS) is 13.8. The zero-order chi connectivity index (χ0) is 13.1. The first-order chi connectivity index (χ1) is 7.80. The molecule has 0 fully saturated rings. The van der Waals surface area contributed by atoms with Crippen molar-refractivity contribution in [3.05, 3.63) is 34.6 Å². The van der Waals surface area contributed by atoms with Crippen molar-refractivity contribution in [2.45, 2.75) is 18.8 Å². The van der Waals surface area contributed by atoms with Crippen LogP contribution in [0, 0.1) is 5.82 Å². The van der Waals surface area contributed by atoms with Crippen LogP contribution in [0.1, 0.15) is 5.56 Å². The average molecular weight is 272 g/mol. The second kappa shape index (κ2) is 5.66. The molecule has 7 heteroatoms. The monoisotopic (exact) mass is 271 g/mol. The van der Waals surface area contributed by atoms with Crippen LogP contribution in [0.4, 0.5) is 17.6 Å². The van der Waals surface area contributed by atoms with Crippen molar-refractivity contribution in [2.75, 3.05) is 6.54 Å². The zero-order valence-electron chi connectivity index (χ0n) is 8.56. The van der Waals surface area contributed by atoms with Crippen LogP contribution in [0.5, 0.6) is 0 Å². The first kappa shape index (κ1) is 14.2. The number of hydrogen-bond acceptors (Lipinski definition) is 2. The number of hydrogen-bond donors (Lipinski definition) is 2. The third kappa shape index (κ3) is 4.49. The highest BCUT2D eigenvalue weighted by Gasteiger charge is 2.37. The molecule has 1 atom stereocenters. The van der Waals surface area contributed by atoms with E-state index >= 15 is 0 Å². The average Bonchev–Trinajstić information content (AvgIpc) is 2.19. The Morgan fingerprint density at radius 1 is 1.35 bits per heavy atom. The van der Waals surface area contributed by atoms with E-state index in [1.165, 1.54) is 12.1 Å². The van der Waals surface area contributed by atoms with E-state index in [2.05, 4.69) is 5.32 Å². The fourth-order valence-electron chi connectivity index (χ4n) is 1.12. The molecule has 0 aliphatic heterocycles. The number of aliphatic hydroxyl groups excluding tert-OH is 1. The minimum Gasteiger partial charge on any atom is -0.382 e. The number of nitrogens with one attached hydrogen (secondary N) is 1. The Morgan fingerprint density at radius 2 is 2.00 bits per heavy atom. The van der Waals surface area contributed by atoms with Crippen molar-refractivity contribution in [1.29, 1.82) is 0 Å². The highest BCUT2D eigenvalue weighted by atomic mass is 35.5. The molecule has 0 saturated heterocycles. The van der Waals surface area contributed by atoms with Crippen molar-refractivity contribution in [3.8, 4) is 0 Å². The Kier molecular flexibility index (Phi) is 4.73. The van der Waals surface area contributed by atoms with E-state index in [-0.39, 0.29) is 17.1 Å². The molecule has 2 nitrogen and oxygen atoms in total. The summed E-state index contributed by atoms with van der Waals surface area (Å²) in [5.41, 5.74) is 0.184. The molecule has 0 spiro atoms. The van der Waals surface area contributed by atoms with Gasteiger partial charge in [-0.05, 0) is 12.1 Å². The quantitative estimate of drug-likeness (QED) is 0.825. The van der Waals surface area contributed by atoms with Gasteiger partial charge in [-0.25, -0.2) is 4.39 Å². The Morgan fingerprint density at radius 3 is 2.53 bits per heavy atom. The molecule has 1 aromatic carbocycles. The van der Waals surface area contributed by atoms with Crippen LogP contribution in [0.3, 0.4) is 0 Å². The van der Waals surface area contributed by atoms with Gasteiger partial charge in [-0.15, -0.1) is 0 Å².